The van der Waals surface area contributed by atoms with Crippen LogP contribution < -0.4 is 5.32 Å². The average Bonchev–Trinajstić information content (AvgIpc) is 3.19. The predicted molar refractivity (Wildman–Crippen MR) is 152 cm³/mol. The van der Waals surface area contributed by atoms with Crippen LogP contribution in [0.5, 0.6) is 0 Å². The number of rotatable bonds is 6. The molecule has 6 heteroatoms. The Labute approximate surface area is 230 Å². The van der Waals surface area contributed by atoms with Crippen LogP contribution in [0.3, 0.4) is 0 Å². The number of nitrogens with one attached hydrogen (secondary N) is 1. The van der Waals surface area contributed by atoms with Gasteiger partial charge in [-0.15, -0.1) is 0 Å². The molecular weight excluding hydrogens is 489 g/mol. The molecule has 6 rings (SSSR count). The maximum absolute atomic E-state index is 13.6. The minimum Gasteiger partial charge on any atom is -0.349 e. The number of nitrogens with zero attached hydrogens (tertiary/aromatic N) is 2. The summed E-state index contributed by atoms with van der Waals surface area (Å²) in [7, 11) is 1.88. The molecule has 1 aliphatic carbocycles. The first kappa shape index (κ1) is 26.0. The summed E-state index contributed by atoms with van der Waals surface area (Å²) in [6, 6.07) is 19.7. The fraction of sp³-hybridized carbons (Fsp3) is 0.455. The molecule has 2 bridgehead atoms. The molecule has 2 amide bonds. The first-order chi connectivity index (χ1) is 19.0. The Morgan fingerprint density at radius 3 is 2.28 bits per heavy atom. The number of hydrogen-bond donors (Lipinski definition) is 1. The van der Waals surface area contributed by atoms with Crippen LogP contribution in [0.25, 0.3) is 10.8 Å². The number of hydrogen-bond acceptors (Lipinski definition) is 3. The third-order valence-corrected chi connectivity index (χ3v) is 9.30. The first-order valence-corrected chi connectivity index (χ1v) is 14.6. The molecule has 3 aromatic carbocycles. The second kappa shape index (κ2) is 11.1. The van der Waals surface area contributed by atoms with E-state index in [9.17, 15) is 14.0 Å². The van der Waals surface area contributed by atoms with Crippen molar-refractivity contribution < 1.29 is 14.0 Å². The largest absolute Gasteiger partial charge is 0.349 e. The smallest absolute Gasteiger partial charge is 0.254 e. The zero-order chi connectivity index (χ0) is 26.9. The Morgan fingerprint density at radius 2 is 1.54 bits per heavy atom. The number of carbonyl (C=O) groups is 2. The van der Waals surface area contributed by atoms with E-state index in [1.165, 1.54) is 18.1 Å². The van der Waals surface area contributed by atoms with Crippen molar-refractivity contribution in [2.75, 3.05) is 7.05 Å². The van der Waals surface area contributed by atoms with Crippen molar-refractivity contribution in [1.82, 2.24) is 15.1 Å². The summed E-state index contributed by atoms with van der Waals surface area (Å²) in [6.07, 6.45) is 9.73. The van der Waals surface area contributed by atoms with E-state index in [1.54, 1.807) is 18.2 Å². The Balaban J connectivity index is 1.11. The lowest BCUT2D eigenvalue weighted by Gasteiger charge is -2.39. The predicted octanol–water partition coefficient (Wildman–Crippen LogP) is 6.31. The maximum Gasteiger partial charge on any atom is 0.254 e. The van der Waals surface area contributed by atoms with Crippen LogP contribution in [0, 0.1) is 5.82 Å². The molecule has 2 heterocycles. The second-order valence-corrected chi connectivity index (χ2v) is 11.8. The van der Waals surface area contributed by atoms with Gasteiger partial charge in [0.15, 0.2) is 0 Å². The van der Waals surface area contributed by atoms with Crippen molar-refractivity contribution in [3.63, 3.8) is 0 Å². The Bertz CT molecular complexity index is 1350. The van der Waals surface area contributed by atoms with Crippen LogP contribution in [-0.2, 0) is 6.54 Å². The molecule has 5 nitrogen and oxygen atoms in total. The van der Waals surface area contributed by atoms with Gasteiger partial charge in [-0.05, 0) is 85.2 Å². The highest BCUT2D eigenvalue weighted by Crippen LogP contribution is 2.37. The number of carbonyl (C=O) groups excluding carboxylic acids is 2. The molecule has 3 aromatic rings. The highest BCUT2D eigenvalue weighted by atomic mass is 19.1. The van der Waals surface area contributed by atoms with Gasteiger partial charge >= 0.3 is 0 Å². The van der Waals surface area contributed by atoms with Crippen molar-refractivity contribution in [3.8, 4) is 0 Å². The van der Waals surface area contributed by atoms with E-state index in [-0.39, 0.29) is 29.7 Å². The van der Waals surface area contributed by atoms with Gasteiger partial charge in [-0.25, -0.2) is 4.39 Å². The third kappa shape index (κ3) is 5.44. The molecular formula is C33H38FN3O2. The van der Waals surface area contributed by atoms with E-state index in [2.05, 4.69) is 22.3 Å². The summed E-state index contributed by atoms with van der Waals surface area (Å²) in [5, 5.41) is 5.28. The molecule has 3 atom stereocenters. The lowest BCUT2D eigenvalue weighted by Crippen LogP contribution is -2.50. The summed E-state index contributed by atoms with van der Waals surface area (Å²) in [5.41, 5.74) is 2.22. The summed E-state index contributed by atoms with van der Waals surface area (Å²) < 4.78 is 13.6. The summed E-state index contributed by atoms with van der Waals surface area (Å²) in [5.74, 6) is -0.406. The van der Waals surface area contributed by atoms with Crippen LogP contribution in [0.1, 0.15) is 84.1 Å². The molecule has 2 aliphatic heterocycles. The van der Waals surface area contributed by atoms with E-state index in [4.69, 9.17) is 0 Å². The Hall–Kier alpha value is -3.25. The lowest BCUT2D eigenvalue weighted by atomic mass is 9.93. The van der Waals surface area contributed by atoms with Gasteiger partial charge in [0.2, 0.25) is 0 Å². The van der Waals surface area contributed by atoms with E-state index in [0.717, 1.165) is 68.7 Å². The van der Waals surface area contributed by atoms with Crippen LogP contribution in [0.4, 0.5) is 4.39 Å². The molecule has 204 valence electrons. The fourth-order valence-corrected chi connectivity index (χ4v) is 7.18. The van der Waals surface area contributed by atoms with Crippen LogP contribution in [-0.4, -0.2) is 52.8 Å². The number of fused-ring (bicyclic) bond motifs is 3. The molecule has 3 fully saturated rings. The number of amides is 2. The summed E-state index contributed by atoms with van der Waals surface area (Å²) in [6.45, 7) is 0.869. The summed E-state index contributed by atoms with van der Waals surface area (Å²) in [4.78, 5) is 31.3. The quantitative estimate of drug-likeness (QED) is 0.409. The van der Waals surface area contributed by atoms with Crippen molar-refractivity contribution in [1.29, 1.82) is 0 Å². The number of benzene rings is 3. The molecule has 39 heavy (non-hydrogen) atoms. The van der Waals surface area contributed by atoms with E-state index < -0.39 is 0 Å². The third-order valence-electron chi connectivity index (χ3n) is 9.30. The van der Waals surface area contributed by atoms with Gasteiger partial charge < -0.3 is 10.2 Å². The highest BCUT2D eigenvalue weighted by Gasteiger charge is 2.41. The normalized spacial score (nSPS) is 23.6. The zero-order valence-electron chi connectivity index (χ0n) is 22.7. The fourth-order valence-electron chi connectivity index (χ4n) is 7.18. The van der Waals surface area contributed by atoms with E-state index in [1.807, 2.05) is 36.2 Å². The van der Waals surface area contributed by atoms with Crippen molar-refractivity contribution in [3.05, 3.63) is 83.2 Å². The monoisotopic (exact) mass is 527 g/mol. The van der Waals surface area contributed by atoms with Crippen molar-refractivity contribution in [2.24, 2.45) is 0 Å². The second-order valence-electron chi connectivity index (χ2n) is 11.8. The van der Waals surface area contributed by atoms with Gasteiger partial charge in [0.1, 0.15) is 5.82 Å². The first-order valence-electron chi connectivity index (χ1n) is 14.6. The van der Waals surface area contributed by atoms with Crippen molar-refractivity contribution in [2.45, 2.75) is 88.5 Å². The van der Waals surface area contributed by atoms with Crippen molar-refractivity contribution >= 4 is 22.6 Å². The number of piperidine rings is 1. The molecule has 1 saturated carbocycles. The lowest BCUT2D eigenvalue weighted by molar-refractivity contribution is 0.0687. The molecule has 0 aromatic heterocycles. The molecule has 2 saturated heterocycles. The average molecular weight is 528 g/mol. The Kier molecular flexibility index (Phi) is 7.39. The van der Waals surface area contributed by atoms with Gasteiger partial charge in [-0.1, -0.05) is 49.6 Å². The zero-order valence-corrected chi connectivity index (χ0v) is 22.7. The SMILES string of the molecule is CN(C(=O)c1ccccc1C(=O)NC1C[C@H]2CC[C@@H](C1)N2Cc1ccc2cc(F)ccc2c1)C1CCCCC1. The highest BCUT2D eigenvalue weighted by molar-refractivity contribution is 6.07. The van der Waals surface area contributed by atoms with E-state index in [0.29, 0.717) is 23.2 Å². The van der Waals surface area contributed by atoms with Gasteiger partial charge in [0.05, 0.1) is 11.1 Å². The van der Waals surface area contributed by atoms with Crippen LogP contribution in [0.15, 0.2) is 60.7 Å². The Morgan fingerprint density at radius 1 is 0.872 bits per heavy atom. The molecule has 0 radical (unpaired) electrons. The van der Waals surface area contributed by atoms with Gasteiger partial charge in [0, 0.05) is 37.8 Å². The van der Waals surface area contributed by atoms with Gasteiger partial charge in [0.25, 0.3) is 11.8 Å². The molecule has 1 unspecified atom stereocenters. The van der Waals surface area contributed by atoms with Gasteiger partial charge in [-0.2, -0.15) is 0 Å². The minimum absolute atomic E-state index is 0.0549. The standard InChI is InChI=1S/C33H38FN3O2/c1-36(27-7-3-2-4-8-27)33(39)31-10-6-5-9-30(31)32(38)35-26-19-28-15-16-29(20-26)37(28)21-22-11-12-24-18-25(34)14-13-23(24)17-22/h5-6,9-14,17-18,26-29H,2-4,7-8,15-16,19-21H2,1H3,(H,35,38)/t26?,28-,29+. The minimum atomic E-state index is -0.208. The topological polar surface area (TPSA) is 52.7 Å². The summed E-state index contributed by atoms with van der Waals surface area (Å²) >= 11 is 0. The molecule has 0 spiro atoms. The van der Waals surface area contributed by atoms with Crippen LogP contribution >= 0.6 is 0 Å². The van der Waals surface area contributed by atoms with Crippen LogP contribution in [0.2, 0.25) is 0 Å². The van der Waals surface area contributed by atoms with Gasteiger partial charge in [-0.3, -0.25) is 14.5 Å². The maximum atomic E-state index is 13.6. The molecule has 3 aliphatic rings. The van der Waals surface area contributed by atoms with E-state index >= 15 is 0 Å². The number of halogens is 1. The molecule has 1 N–H and O–H groups in total.